The number of ether oxygens (including phenoxy) is 1. The van der Waals surface area contributed by atoms with Gasteiger partial charge in [0.05, 0.1) is 12.2 Å². The number of hydrogen-bond donors (Lipinski definition) is 0. The Kier molecular flexibility index (Phi) is 5.46. The van der Waals surface area contributed by atoms with E-state index >= 15 is 0 Å². The Hall–Kier alpha value is -1.03. The maximum atomic E-state index is 12.7. The molecule has 0 aromatic heterocycles. The summed E-state index contributed by atoms with van der Waals surface area (Å²) in [7, 11) is 1.90. The van der Waals surface area contributed by atoms with Crippen LogP contribution in [0.5, 0.6) is 5.75 Å². The summed E-state index contributed by atoms with van der Waals surface area (Å²) < 4.78 is 5.56. The smallest absolute Gasteiger partial charge is 0.257 e. The van der Waals surface area contributed by atoms with Crippen LogP contribution in [0.25, 0.3) is 0 Å². The van der Waals surface area contributed by atoms with Crippen LogP contribution < -0.4 is 4.74 Å². The molecule has 110 valence electrons. The monoisotopic (exact) mass is 339 g/mol. The molecular weight excluding hydrogens is 318 g/mol. The van der Waals surface area contributed by atoms with Gasteiger partial charge in [0.2, 0.25) is 0 Å². The van der Waals surface area contributed by atoms with E-state index in [-0.39, 0.29) is 11.9 Å². The Labute approximate surface area is 129 Å². The first-order valence-corrected chi connectivity index (χ1v) is 8.19. The van der Waals surface area contributed by atoms with E-state index in [4.69, 9.17) is 4.74 Å². The van der Waals surface area contributed by atoms with Gasteiger partial charge in [0, 0.05) is 17.9 Å². The van der Waals surface area contributed by atoms with Gasteiger partial charge in [-0.05, 0) is 31.9 Å². The van der Waals surface area contributed by atoms with E-state index in [1.807, 2.05) is 43.1 Å². The topological polar surface area (TPSA) is 29.5 Å². The molecule has 0 saturated heterocycles. The molecule has 1 aromatic rings. The van der Waals surface area contributed by atoms with Crippen molar-refractivity contribution in [2.45, 2.75) is 43.5 Å². The minimum absolute atomic E-state index is 0.0467. The molecule has 1 aliphatic rings. The van der Waals surface area contributed by atoms with E-state index in [1.54, 1.807) is 0 Å². The normalized spacial score (nSPS) is 22.4. The van der Waals surface area contributed by atoms with Crippen molar-refractivity contribution < 1.29 is 9.53 Å². The summed E-state index contributed by atoms with van der Waals surface area (Å²) in [5.41, 5.74) is 0.655. The number of halogens is 1. The lowest BCUT2D eigenvalue weighted by Crippen LogP contribution is -2.44. The molecule has 20 heavy (non-hydrogen) atoms. The van der Waals surface area contributed by atoms with Crippen LogP contribution in [0.15, 0.2) is 24.3 Å². The van der Waals surface area contributed by atoms with Gasteiger partial charge in [0.15, 0.2) is 0 Å². The molecule has 3 nitrogen and oxygen atoms in total. The van der Waals surface area contributed by atoms with E-state index in [9.17, 15) is 4.79 Å². The van der Waals surface area contributed by atoms with Crippen LogP contribution in [-0.4, -0.2) is 35.3 Å². The molecule has 0 bridgehead atoms. The van der Waals surface area contributed by atoms with Crippen molar-refractivity contribution in [2.75, 3.05) is 13.7 Å². The van der Waals surface area contributed by atoms with Crippen LogP contribution in [0.3, 0.4) is 0 Å². The molecule has 1 saturated carbocycles. The van der Waals surface area contributed by atoms with Crippen LogP contribution in [-0.2, 0) is 0 Å². The van der Waals surface area contributed by atoms with Crippen molar-refractivity contribution in [1.82, 2.24) is 4.90 Å². The number of carbonyl (C=O) groups excluding carboxylic acids is 1. The molecule has 0 radical (unpaired) electrons. The largest absolute Gasteiger partial charge is 0.493 e. The fourth-order valence-electron chi connectivity index (χ4n) is 2.77. The molecule has 1 aliphatic carbocycles. The molecule has 1 aromatic carbocycles. The summed E-state index contributed by atoms with van der Waals surface area (Å²) in [6.07, 6.45) is 4.63. The lowest BCUT2D eigenvalue weighted by atomic mass is 9.94. The number of nitrogens with zero attached hydrogens (tertiary/aromatic N) is 1. The number of para-hydroxylation sites is 1. The average Bonchev–Trinajstić information content (AvgIpc) is 2.47. The van der Waals surface area contributed by atoms with Crippen LogP contribution in [0, 0.1) is 0 Å². The van der Waals surface area contributed by atoms with Gasteiger partial charge in [-0.25, -0.2) is 0 Å². The molecule has 0 N–H and O–H groups in total. The summed E-state index contributed by atoms with van der Waals surface area (Å²) in [6, 6.07) is 7.75. The molecular formula is C16H22BrNO2. The van der Waals surface area contributed by atoms with Gasteiger partial charge in [-0.15, -0.1) is 0 Å². The Bertz CT molecular complexity index is 464. The molecule has 0 heterocycles. The highest BCUT2D eigenvalue weighted by Crippen LogP contribution is 2.30. The predicted octanol–water partition coefficient (Wildman–Crippen LogP) is 3.86. The number of rotatable bonds is 4. The molecule has 2 atom stereocenters. The molecule has 4 heteroatoms. The number of alkyl halides is 1. The summed E-state index contributed by atoms with van der Waals surface area (Å²) in [5, 5.41) is 0. The summed E-state index contributed by atoms with van der Waals surface area (Å²) >= 11 is 3.72. The summed E-state index contributed by atoms with van der Waals surface area (Å²) in [5.74, 6) is 0.721. The highest BCUT2D eigenvalue weighted by atomic mass is 79.9. The van der Waals surface area contributed by atoms with Crippen molar-refractivity contribution >= 4 is 21.8 Å². The Morgan fingerprint density at radius 3 is 2.75 bits per heavy atom. The third kappa shape index (κ3) is 3.35. The van der Waals surface area contributed by atoms with E-state index < -0.39 is 0 Å². The van der Waals surface area contributed by atoms with Gasteiger partial charge < -0.3 is 9.64 Å². The zero-order valence-electron chi connectivity index (χ0n) is 12.1. The highest BCUT2D eigenvalue weighted by Gasteiger charge is 2.30. The molecule has 2 rings (SSSR count). The molecule has 0 spiro atoms. The third-order valence-electron chi connectivity index (χ3n) is 3.88. The predicted molar refractivity (Wildman–Crippen MR) is 84.7 cm³/mol. The van der Waals surface area contributed by atoms with Crippen molar-refractivity contribution in [3.63, 3.8) is 0 Å². The average molecular weight is 340 g/mol. The van der Waals surface area contributed by atoms with Crippen molar-refractivity contribution in [3.05, 3.63) is 29.8 Å². The molecule has 1 fully saturated rings. The van der Waals surface area contributed by atoms with E-state index in [0.717, 1.165) is 12.8 Å². The maximum absolute atomic E-state index is 12.7. The first-order chi connectivity index (χ1) is 9.65. The quantitative estimate of drug-likeness (QED) is 0.779. The number of hydrogen-bond acceptors (Lipinski definition) is 2. The van der Waals surface area contributed by atoms with Gasteiger partial charge in [-0.1, -0.05) is 40.9 Å². The van der Waals surface area contributed by atoms with E-state index in [0.29, 0.717) is 22.7 Å². The van der Waals surface area contributed by atoms with Crippen molar-refractivity contribution in [1.29, 1.82) is 0 Å². The Balaban J connectivity index is 2.17. The molecule has 0 aliphatic heterocycles. The van der Waals surface area contributed by atoms with E-state index in [2.05, 4.69) is 15.9 Å². The van der Waals surface area contributed by atoms with E-state index in [1.165, 1.54) is 12.8 Å². The fraction of sp³-hybridized carbons (Fsp3) is 0.562. The van der Waals surface area contributed by atoms with Gasteiger partial charge >= 0.3 is 0 Å². The van der Waals surface area contributed by atoms with Crippen LogP contribution in [0.2, 0.25) is 0 Å². The minimum Gasteiger partial charge on any atom is -0.493 e. The standard InChI is InChI=1S/C16H22BrNO2/c1-3-20-15-11-7-4-8-12(15)16(19)18(2)14-10-6-5-9-13(14)17/h4,7-8,11,13-14H,3,5-6,9-10H2,1-2H3. The number of carbonyl (C=O) groups is 1. The second-order valence-corrected chi connectivity index (χ2v) is 6.39. The lowest BCUT2D eigenvalue weighted by Gasteiger charge is -2.35. The fourth-order valence-corrected chi connectivity index (χ4v) is 3.71. The van der Waals surface area contributed by atoms with Crippen LogP contribution >= 0.6 is 15.9 Å². The Morgan fingerprint density at radius 1 is 1.35 bits per heavy atom. The second-order valence-electron chi connectivity index (χ2n) is 5.21. The first-order valence-electron chi connectivity index (χ1n) is 7.28. The summed E-state index contributed by atoms with van der Waals surface area (Å²) in [4.78, 5) is 15.0. The van der Waals surface area contributed by atoms with Gasteiger partial charge in [-0.2, -0.15) is 0 Å². The second kappa shape index (κ2) is 7.11. The third-order valence-corrected chi connectivity index (χ3v) is 4.95. The molecule has 1 amide bonds. The highest BCUT2D eigenvalue weighted by molar-refractivity contribution is 9.09. The zero-order chi connectivity index (χ0) is 14.5. The van der Waals surface area contributed by atoms with Crippen LogP contribution in [0.4, 0.5) is 0 Å². The van der Waals surface area contributed by atoms with Gasteiger partial charge in [0.25, 0.3) is 5.91 Å². The summed E-state index contributed by atoms with van der Waals surface area (Å²) in [6.45, 7) is 2.50. The lowest BCUT2D eigenvalue weighted by molar-refractivity contribution is 0.0700. The zero-order valence-corrected chi connectivity index (χ0v) is 13.7. The first kappa shape index (κ1) is 15.4. The van der Waals surface area contributed by atoms with Crippen LogP contribution in [0.1, 0.15) is 43.0 Å². The van der Waals surface area contributed by atoms with Gasteiger partial charge in [0.1, 0.15) is 5.75 Å². The minimum atomic E-state index is 0.0467. The molecule has 2 unspecified atom stereocenters. The van der Waals surface area contributed by atoms with Gasteiger partial charge in [-0.3, -0.25) is 4.79 Å². The number of amides is 1. The maximum Gasteiger partial charge on any atom is 0.257 e. The number of benzene rings is 1. The Morgan fingerprint density at radius 2 is 2.05 bits per heavy atom. The SMILES string of the molecule is CCOc1ccccc1C(=O)N(C)C1CCCCC1Br. The van der Waals surface area contributed by atoms with Crippen molar-refractivity contribution in [3.8, 4) is 5.75 Å². The van der Waals surface area contributed by atoms with Crippen molar-refractivity contribution in [2.24, 2.45) is 0 Å².